The second kappa shape index (κ2) is 3.38. The average molecular weight is 190 g/mol. The van der Waals surface area contributed by atoms with Crippen LogP contribution < -0.4 is 0 Å². The van der Waals surface area contributed by atoms with Crippen LogP contribution in [-0.4, -0.2) is 5.78 Å². The van der Waals surface area contributed by atoms with Gasteiger partial charge in [-0.15, -0.1) is 0 Å². The van der Waals surface area contributed by atoms with Gasteiger partial charge in [0.1, 0.15) is 5.78 Å². The van der Waals surface area contributed by atoms with Crippen LogP contribution in [0.25, 0.3) is 0 Å². The molecule has 1 saturated carbocycles. The van der Waals surface area contributed by atoms with Gasteiger partial charge < -0.3 is 0 Å². The third-order valence-electron chi connectivity index (χ3n) is 3.63. The summed E-state index contributed by atoms with van der Waals surface area (Å²) in [4.78, 5) is 12.2. The number of hydrogen-bond donors (Lipinski definition) is 0. The maximum Gasteiger partial charge on any atom is 0.146 e. The summed E-state index contributed by atoms with van der Waals surface area (Å²) in [7, 11) is 0. The highest BCUT2D eigenvalue weighted by atomic mass is 16.1. The molecule has 0 bridgehead atoms. The van der Waals surface area contributed by atoms with Crippen LogP contribution in [0, 0.1) is 17.3 Å². The Morgan fingerprint density at radius 1 is 1.57 bits per heavy atom. The Bertz CT molecular complexity index is 300. The molecular weight excluding hydrogens is 172 g/mol. The highest BCUT2D eigenvalue weighted by molar-refractivity contribution is 5.92. The fourth-order valence-corrected chi connectivity index (χ4v) is 2.35. The van der Waals surface area contributed by atoms with Crippen LogP contribution in [0.3, 0.4) is 0 Å². The molecule has 0 aliphatic heterocycles. The molecule has 2 aliphatic carbocycles. The number of carbonyl (C=O) groups excluding carboxylic acids is 1. The number of Topliss-reactive ketones (excluding diaryl/α,β-unsaturated/α-hetero) is 1. The van der Waals surface area contributed by atoms with Gasteiger partial charge in [0.25, 0.3) is 0 Å². The summed E-state index contributed by atoms with van der Waals surface area (Å²) in [5.74, 6) is 1.17. The van der Waals surface area contributed by atoms with Crippen molar-refractivity contribution in [1.82, 2.24) is 0 Å². The lowest BCUT2D eigenvalue weighted by Gasteiger charge is -2.15. The Morgan fingerprint density at radius 2 is 2.36 bits per heavy atom. The molecule has 1 heteroatoms. The van der Waals surface area contributed by atoms with E-state index in [4.69, 9.17) is 0 Å². The second-order valence-electron chi connectivity index (χ2n) is 4.59. The van der Waals surface area contributed by atoms with E-state index in [9.17, 15) is 4.79 Å². The van der Waals surface area contributed by atoms with Crippen molar-refractivity contribution in [2.24, 2.45) is 17.3 Å². The molecule has 0 aromatic heterocycles. The lowest BCUT2D eigenvalue weighted by Crippen LogP contribution is -2.22. The first-order valence-electron chi connectivity index (χ1n) is 5.59. The molecule has 0 spiro atoms. The predicted molar refractivity (Wildman–Crippen MR) is 57.9 cm³/mol. The number of fused-ring (bicyclic) bond motifs is 1. The van der Waals surface area contributed by atoms with Gasteiger partial charge in [0.2, 0.25) is 0 Å². The van der Waals surface area contributed by atoms with Gasteiger partial charge in [-0.25, -0.2) is 0 Å². The third-order valence-corrected chi connectivity index (χ3v) is 3.63. The standard InChI is InChI=1S/C13H18O/c1-3-10(2)12(14)13-8-6-4-5-7-11(13)9-13/h5-8,10-11H,3-4,9H2,1-2H3. The van der Waals surface area contributed by atoms with Gasteiger partial charge in [-0.2, -0.15) is 0 Å². The summed E-state index contributed by atoms with van der Waals surface area (Å²) in [6.07, 6.45) is 11.7. The molecule has 0 heterocycles. The van der Waals surface area contributed by atoms with Crippen molar-refractivity contribution >= 4 is 5.78 Å². The average Bonchev–Trinajstić information content (AvgIpc) is 2.89. The molecule has 0 radical (unpaired) electrons. The van der Waals surface area contributed by atoms with Crippen LogP contribution >= 0.6 is 0 Å². The van der Waals surface area contributed by atoms with Crippen molar-refractivity contribution in [1.29, 1.82) is 0 Å². The third kappa shape index (κ3) is 1.35. The molecule has 3 atom stereocenters. The first-order chi connectivity index (χ1) is 6.70. The summed E-state index contributed by atoms with van der Waals surface area (Å²) in [6.45, 7) is 4.14. The van der Waals surface area contributed by atoms with Crippen LogP contribution in [0.5, 0.6) is 0 Å². The maximum atomic E-state index is 12.2. The summed E-state index contributed by atoms with van der Waals surface area (Å²) >= 11 is 0. The van der Waals surface area contributed by atoms with E-state index in [1.54, 1.807) is 0 Å². The molecule has 0 aromatic rings. The van der Waals surface area contributed by atoms with E-state index in [0.717, 1.165) is 19.3 Å². The molecule has 2 rings (SSSR count). The zero-order chi connectivity index (χ0) is 10.2. The molecule has 76 valence electrons. The van der Waals surface area contributed by atoms with Crippen molar-refractivity contribution in [3.63, 3.8) is 0 Å². The van der Waals surface area contributed by atoms with Crippen molar-refractivity contribution < 1.29 is 4.79 Å². The predicted octanol–water partition coefficient (Wildman–Crippen LogP) is 3.12. The number of ketones is 1. The lowest BCUT2D eigenvalue weighted by molar-refractivity contribution is -0.126. The van der Waals surface area contributed by atoms with E-state index < -0.39 is 0 Å². The van der Waals surface area contributed by atoms with Crippen molar-refractivity contribution in [2.45, 2.75) is 33.1 Å². The monoisotopic (exact) mass is 190 g/mol. The maximum absolute atomic E-state index is 12.2. The molecule has 0 aromatic carbocycles. The summed E-state index contributed by atoms with van der Waals surface area (Å²) in [5, 5.41) is 0. The van der Waals surface area contributed by atoms with Crippen LogP contribution in [0.15, 0.2) is 24.3 Å². The Morgan fingerprint density at radius 3 is 3.07 bits per heavy atom. The lowest BCUT2D eigenvalue weighted by atomic mass is 9.87. The summed E-state index contributed by atoms with van der Waals surface area (Å²) in [5.41, 5.74) is -0.0948. The van der Waals surface area contributed by atoms with Crippen LogP contribution in [0.2, 0.25) is 0 Å². The first kappa shape index (κ1) is 9.70. The highest BCUT2D eigenvalue weighted by Gasteiger charge is 2.56. The number of hydrogen-bond acceptors (Lipinski definition) is 1. The number of allylic oxidation sites excluding steroid dienone is 4. The number of carbonyl (C=O) groups is 1. The van der Waals surface area contributed by atoms with E-state index in [1.807, 2.05) is 0 Å². The molecule has 1 fully saturated rings. The Balaban J connectivity index is 2.18. The normalized spacial score (nSPS) is 36.0. The van der Waals surface area contributed by atoms with Gasteiger partial charge in [0.05, 0.1) is 5.41 Å². The van der Waals surface area contributed by atoms with Gasteiger partial charge in [-0.05, 0) is 25.2 Å². The van der Waals surface area contributed by atoms with Gasteiger partial charge >= 0.3 is 0 Å². The SMILES string of the molecule is CCC(C)C(=O)C12C=CCC=CC1C2. The first-order valence-corrected chi connectivity index (χ1v) is 5.59. The largest absolute Gasteiger partial charge is 0.298 e. The summed E-state index contributed by atoms with van der Waals surface area (Å²) in [6, 6.07) is 0. The topological polar surface area (TPSA) is 17.1 Å². The fourth-order valence-electron chi connectivity index (χ4n) is 2.35. The fraction of sp³-hybridized carbons (Fsp3) is 0.615. The minimum atomic E-state index is -0.0948. The molecule has 14 heavy (non-hydrogen) atoms. The molecule has 0 saturated heterocycles. The molecule has 3 unspecified atom stereocenters. The van der Waals surface area contributed by atoms with Crippen molar-refractivity contribution in [3.05, 3.63) is 24.3 Å². The van der Waals surface area contributed by atoms with Crippen LogP contribution in [0.4, 0.5) is 0 Å². The van der Waals surface area contributed by atoms with E-state index in [-0.39, 0.29) is 11.3 Å². The van der Waals surface area contributed by atoms with E-state index in [2.05, 4.69) is 38.2 Å². The highest BCUT2D eigenvalue weighted by Crippen LogP contribution is 2.57. The van der Waals surface area contributed by atoms with E-state index in [1.165, 1.54) is 0 Å². The smallest absolute Gasteiger partial charge is 0.146 e. The molecular formula is C13H18O. The molecule has 0 N–H and O–H groups in total. The quantitative estimate of drug-likeness (QED) is 0.625. The van der Waals surface area contributed by atoms with Gasteiger partial charge in [0.15, 0.2) is 0 Å². The Kier molecular flexibility index (Phi) is 2.34. The minimum Gasteiger partial charge on any atom is -0.298 e. The minimum absolute atomic E-state index is 0.0948. The van der Waals surface area contributed by atoms with Crippen molar-refractivity contribution in [3.8, 4) is 0 Å². The van der Waals surface area contributed by atoms with Gasteiger partial charge in [0, 0.05) is 5.92 Å². The Labute approximate surface area is 85.9 Å². The van der Waals surface area contributed by atoms with Gasteiger partial charge in [-0.3, -0.25) is 4.79 Å². The Hall–Kier alpha value is -0.850. The van der Waals surface area contributed by atoms with Crippen LogP contribution in [0.1, 0.15) is 33.1 Å². The van der Waals surface area contributed by atoms with Gasteiger partial charge in [-0.1, -0.05) is 38.2 Å². The van der Waals surface area contributed by atoms with Crippen LogP contribution in [-0.2, 0) is 4.79 Å². The zero-order valence-electron chi connectivity index (χ0n) is 8.99. The zero-order valence-corrected chi connectivity index (χ0v) is 8.99. The second-order valence-corrected chi connectivity index (χ2v) is 4.59. The van der Waals surface area contributed by atoms with E-state index in [0.29, 0.717) is 11.7 Å². The molecule has 1 nitrogen and oxygen atoms in total. The molecule has 2 aliphatic rings. The molecule has 0 amide bonds. The number of rotatable bonds is 3. The van der Waals surface area contributed by atoms with Crippen molar-refractivity contribution in [2.75, 3.05) is 0 Å². The summed E-state index contributed by atoms with van der Waals surface area (Å²) < 4.78 is 0. The van der Waals surface area contributed by atoms with E-state index >= 15 is 0 Å².